The van der Waals surface area contributed by atoms with Gasteiger partial charge >= 0.3 is 0 Å². The lowest BCUT2D eigenvalue weighted by Crippen LogP contribution is -2.50. The zero-order valence-electron chi connectivity index (χ0n) is 13.8. The molecule has 1 amide bonds. The van der Waals surface area contributed by atoms with Crippen LogP contribution in [-0.4, -0.2) is 16.6 Å². The van der Waals surface area contributed by atoms with E-state index in [0.29, 0.717) is 5.56 Å². The minimum Gasteiger partial charge on any atom is -0.267 e. The molecule has 1 aromatic heterocycles. The largest absolute Gasteiger partial charge is 0.272 e. The maximum Gasteiger partial charge on any atom is 0.272 e. The summed E-state index contributed by atoms with van der Waals surface area (Å²) in [5.74, 6) is 2.53. The lowest BCUT2D eigenvalue weighted by Gasteiger charge is -2.57. The van der Waals surface area contributed by atoms with E-state index in [1.54, 1.807) is 24.5 Å². The highest BCUT2D eigenvalue weighted by atomic mass is 16.2. The smallest absolute Gasteiger partial charge is 0.267 e. The van der Waals surface area contributed by atoms with Gasteiger partial charge in [-0.3, -0.25) is 9.78 Å². The Hall–Kier alpha value is -1.71. The fourth-order valence-electron chi connectivity index (χ4n) is 5.72. The molecule has 4 aliphatic rings. The van der Waals surface area contributed by atoms with Gasteiger partial charge in [0.05, 0.1) is 5.56 Å². The van der Waals surface area contributed by atoms with E-state index >= 15 is 0 Å². The molecule has 4 bridgehead atoms. The van der Waals surface area contributed by atoms with Gasteiger partial charge in [0.1, 0.15) is 0 Å². The number of carbonyl (C=O) groups is 1. The predicted octanol–water partition coefficient (Wildman–Crippen LogP) is 3.79. The van der Waals surface area contributed by atoms with Crippen LogP contribution in [0.2, 0.25) is 0 Å². The molecule has 4 aliphatic carbocycles. The number of amides is 1. The molecule has 1 aromatic rings. The molecule has 0 spiro atoms. The van der Waals surface area contributed by atoms with E-state index in [9.17, 15) is 4.79 Å². The normalized spacial score (nSPS) is 35.3. The predicted molar refractivity (Wildman–Crippen MR) is 90.0 cm³/mol. The Morgan fingerprint density at radius 1 is 1.26 bits per heavy atom. The third-order valence-electron chi connectivity index (χ3n) is 6.20. The molecule has 1 N–H and O–H groups in total. The van der Waals surface area contributed by atoms with Gasteiger partial charge < -0.3 is 0 Å². The van der Waals surface area contributed by atoms with E-state index < -0.39 is 0 Å². The van der Waals surface area contributed by atoms with Gasteiger partial charge in [0.15, 0.2) is 0 Å². The maximum absolute atomic E-state index is 12.2. The Balaban J connectivity index is 1.53. The summed E-state index contributed by atoms with van der Waals surface area (Å²) in [5, 5.41) is 4.60. The van der Waals surface area contributed by atoms with Crippen molar-refractivity contribution >= 4 is 11.6 Å². The second-order valence-corrected chi connectivity index (χ2v) is 7.79. The minimum absolute atomic E-state index is 0.159. The van der Waals surface area contributed by atoms with E-state index in [1.807, 2.05) is 0 Å². The van der Waals surface area contributed by atoms with Crippen molar-refractivity contribution in [3.8, 4) is 0 Å². The number of aromatic nitrogens is 1. The van der Waals surface area contributed by atoms with Gasteiger partial charge in [-0.15, -0.1) is 0 Å². The average Bonchev–Trinajstić information content (AvgIpc) is 2.54. The van der Waals surface area contributed by atoms with Crippen molar-refractivity contribution in [2.24, 2.45) is 28.3 Å². The summed E-state index contributed by atoms with van der Waals surface area (Å²) < 4.78 is 0. The lowest BCUT2D eigenvalue weighted by molar-refractivity contribution is -0.0134. The van der Waals surface area contributed by atoms with Crippen LogP contribution in [-0.2, 0) is 0 Å². The third kappa shape index (κ3) is 2.68. The molecule has 0 radical (unpaired) electrons. The molecule has 4 fully saturated rings. The van der Waals surface area contributed by atoms with Crippen molar-refractivity contribution in [2.45, 2.75) is 51.9 Å². The topological polar surface area (TPSA) is 54.4 Å². The Morgan fingerprint density at radius 2 is 1.91 bits per heavy atom. The van der Waals surface area contributed by atoms with Gasteiger partial charge in [0.2, 0.25) is 0 Å². The number of hydrogen-bond donors (Lipinski definition) is 1. The number of rotatable bonds is 4. The number of hydrazone groups is 1. The molecule has 0 saturated heterocycles. The monoisotopic (exact) mass is 311 g/mol. The molecular formula is C19H25N3O. The van der Waals surface area contributed by atoms with Gasteiger partial charge in [-0.25, -0.2) is 5.43 Å². The van der Waals surface area contributed by atoms with Crippen LogP contribution in [0.15, 0.2) is 29.6 Å². The van der Waals surface area contributed by atoms with Crippen LogP contribution in [0.4, 0.5) is 0 Å². The van der Waals surface area contributed by atoms with Gasteiger partial charge in [-0.1, -0.05) is 6.92 Å². The fraction of sp³-hybridized carbons (Fsp3) is 0.632. The zero-order valence-corrected chi connectivity index (χ0v) is 13.8. The third-order valence-corrected chi connectivity index (χ3v) is 6.20. The van der Waals surface area contributed by atoms with Crippen LogP contribution >= 0.6 is 0 Å². The zero-order chi connectivity index (χ0) is 15.9. The first-order valence-electron chi connectivity index (χ1n) is 8.96. The van der Waals surface area contributed by atoms with E-state index in [1.165, 1.54) is 44.2 Å². The summed E-state index contributed by atoms with van der Waals surface area (Å²) >= 11 is 0. The summed E-state index contributed by atoms with van der Waals surface area (Å²) in [6.07, 6.45) is 12.3. The summed E-state index contributed by atoms with van der Waals surface area (Å²) in [7, 11) is 0. The van der Waals surface area contributed by atoms with Crippen LogP contribution < -0.4 is 5.43 Å². The average molecular weight is 311 g/mol. The van der Waals surface area contributed by atoms with Gasteiger partial charge in [0.25, 0.3) is 5.91 Å². The Morgan fingerprint density at radius 3 is 2.43 bits per heavy atom. The van der Waals surface area contributed by atoms with E-state index in [2.05, 4.69) is 22.4 Å². The van der Waals surface area contributed by atoms with Crippen molar-refractivity contribution in [3.05, 3.63) is 30.1 Å². The van der Waals surface area contributed by atoms with Gasteiger partial charge in [-0.2, -0.15) is 5.10 Å². The molecular weight excluding hydrogens is 286 g/mol. The molecule has 5 rings (SSSR count). The number of hydrogen-bond acceptors (Lipinski definition) is 3. The van der Waals surface area contributed by atoms with Crippen LogP contribution in [0.3, 0.4) is 0 Å². The molecule has 122 valence electrons. The molecule has 23 heavy (non-hydrogen) atoms. The molecule has 0 unspecified atom stereocenters. The SMILES string of the molecule is CC/C(=N/NC(=O)c1cccnc1)C12CC3CC(CC(C3)C1)C2. The van der Waals surface area contributed by atoms with Gasteiger partial charge in [0, 0.05) is 23.5 Å². The Labute approximate surface area is 137 Å². The van der Waals surface area contributed by atoms with Crippen molar-refractivity contribution in [1.29, 1.82) is 0 Å². The first-order valence-corrected chi connectivity index (χ1v) is 8.96. The highest BCUT2D eigenvalue weighted by Crippen LogP contribution is 2.60. The van der Waals surface area contributed by atoms with Crippen molar-refractivity contribution < 1.29 is 4.79 Å². The second kappa shape index (κ2) is 5.73. The van der Waals surface area contributed by atoms with Crippen molar-refractivity contribution in [3.63, 3.8) is 0 Å². The van der Waals surface area contributed by atoms with E-state index in [4.69, 9.17) is 0 Å². The first-order chi connectivity index (χ1) is 11.2. The van der Waals surface area contributed by atoms with E-state index in [0.717, 1.165) is 24.2 Å². The number of nitrogens with one attached hydrogen (secondary N) is 1. The van der Waals surface area contributed by atoms with E-state index in [-0.39, 0.29) is 11.3 Å². The van der Waals surface area contributed by atoms with Crippen LogP contribution in [0.25, 0.3) is 0 Å². The van der Waals surface area contributed by atoms with Crippen LogP contribution in [0.1, 0.15) is 62.2 Å². The fourth-order valence-corrected chi connectivity index (χ4v) is 5.72. The highest BCUT2D eigenvalue weighted by Gasteiger charge is 2.52. The molecule has 4 heteroatoms. The standard InChI is InChI=1S/C19H25N3O/c1-2-17(21-22-18(23)16-4-3-5-20-12-16)19-9-13-6-14(10-19)8-15(7-13)11-19/h3-5,12-15H,2,6-11H2,1H3,(H,22,23)/b21-17-. The minimum atomic E-state index is -0.159. The van der Waals surface area contributed by atoms with Gasteiger partial charge in [-0.05, 0) is 74.8 Å². The van der Waals surface area contributed by atoms with Crippen LogP contribution in [0.5, 0.6) is 0 Å². The van der Waals surface area contributed by atoms with Crippen molar-refractivity contribution in [2.75, 3.05) is 0 Å². The molecule has 0 aliphatic heterocycles. The van der Waals surface area contributed by atoms with Crippen molar-refractivity contribution in [1.82, 2.24) is 10.4 Å². The number of pyridine rings is 1. The summed E-state index contributed by atoms with van der Waals surface area (Å²) in [5.41, 5.74) is 4.84. The highest BCUT2D eigenvalue weighted by molar-refractivity contribution is 5.96. The molecule has 0 atom stereocenters. The quantitative estimate of drug-likeness (QED) is 0.679. The maximum atomic E-state index is 12.2. The Bertz CT molecular complexity index is 587. The van der Waals surface area contributed by atoms with Crippen LogP contribution in [0, 0.1) is 23.2 Å². The number of nitrogens with zero attached hydrogens (tertiary/aromatic N) is 2. The first kappa shape index (κ1) is 14.9. The summed E-state index contributed by atoms with van der Waals surface area (Å²) in [6.45, 7) is 2.17. The second-order valence-electron chi connectivity index (χ2n) is 7.79. The summed E-state index contributed by atoms with van der Waals surface area (Å²) in [4.78, 5) is 16.2. The lowest BCUT2D eigenvalue weighted by atomic mass is 9.48. The molecule has 1 heterocycles. The molecule has 4 saturated carbocycles. The summed E-state index contributed by atoms with van der Waals surface area (Å²) in [6, 6.07) is 3.55. The molecule has 0 aromatic carbocycles. The molecule has 4 nitrogen and oxygen atoms in total. The number of carbonyl (C=O) groups excluding carboxylic acids is 1. The Kier molecular flexibility index (Phi) is 3.70.